The molecule has 2 rings (SSSR count). The second-order valence-corrected chi connectivity index (χ2v) is 3.96. The summed E-state index contributed by atoms with van der Waals surface area (Å²) in [6, 6.07) is 8.43. The Hall–Kier alpha value is -1.81. The van der Waals surface area contributed by atoms with E-state index >= 15 is 0 Å². The van der Waals surface area contributed by atoms with Gasteiger partial charge in [0, 0.05) is 23.2 Å². The Morgan fingerprint density at radius 2 is 2.00 bits per heavy atom. The maximum Gasteiger partial charge on any atom is 0.328 e. The minimum atomic E-state index is -0.421. The number of hydrogen-bond acceptors (Lipinski definition) is 2. The molecule has 0 aliphatic rings. The zero-order chi connectivity index (χ0) is 12.4. The minimum Gasteiger partial charge on any atom is -0.307 e. The maximum atomic E-state index is 11.7. The van der Waals surface area contributed by atoms with E-state index in [9.17, 15) is 9.59 Å². The Morgan fingerprint density at radius 3 is 2.59 bits per heavy atom. The summed E-state index contributed by atoms with van der Waals surface area (Å²) in [5.74, 6) is 0. The standard InChI is InChI=1S/C12H11ClN2O2/c1-2-15-11(16)7-10(14-12(15)17)8-5-3-4-6-9(8)13/h3-7H,2H2,1H3,(H,14,17). The number of nitrogens with zero attached hydrogens (tertiary/aromatic N) is 1. The van der Waals surface area contributed by atoms with Crippen LogP contribution in [0.1, 0.15) is 6.92 Å². The van der Waals surface area contributed by atoms with E-state index in [1.807, 2.05) is 0 Å². The molecule has 0 fully saturated rings. The lowest BCUT2D eigenvalue weighted by atomic mass is 10.1. The summed E-state index contributed by atoms with van der Waals surface area (Å²) >= 11 is 6.01. The number of rotatable bonds is 2. The zero-order valence-corrected chi connectivity index (χ0v) is 9.99. The van der Waals surface area contributed by atoms with Gasteiger partial charge < -0.3 is 4.98 Å². The molecule has 1 aromatic heterocycles. The van der Waals surface area contributed by atoms with Crippen LogP contribution in [0, 0.1) is 0 Å². The molecule has 88 valence electrons. The molecule has 1 heterocycles. The summed E-state index contributed by atoms with van der Waals surface area (Å²) in [5, 5.41) is 0.497. The predicted octanol–water partition coefficient (Wildman–Crippen LogP) is 1.88. The molecule has 0 spiro atoms. The van der Waals surface area contributed by atoms with Gasteiger partial charge in [0.2, 0.25) is 0 Å². The lowest BCUT2D eigenvalue weighted by Crippen LogP contribution is -2.34. The quantitative estimate of drug-likeness (QED) is 0.885. The molecule has 0 unspecified atom stereocenters. The van der Waals surface area contributed by atoms with Gasteiger partial charge in [-0.15, -0.1) is 0 Å². The van der Waals surface area contributed by atoms with Crippen molar-refractivity contribution in [1.29, 1.82) is 0 Å². The second kappa shape index (κ2) is 4.59. The van der Waals surface area contributed by atoms with Crippen LogP contribution in [0.3, 0.4) is 0 Å². The van der Waals surface area contributed by atoms with Gasteiger partial charge in [0.1, 0.15) is 0 Å². The smallest absolute Gasteiger partial charge is 0.307 e. The number of halogens is 1. The van der Waals surface area contributed by atoms with E-state index in [4.69, 9.17) is 11.6 Å². The molecule has 0 bridgehead atoms. The predicted molar refractivity (Wildman–Crippen MR) is 67.4 cm³/mol. The van der Waals surface area contributed by atoms with Crippen LogP contribution in [0.2, 0.25) is 5.02 Å². The van der Waals surface area contributed by atoms with E-state index in [0.29, 0.717) is 22.8 Å². The first-order chi connectivity index (χ1) is 8.13. The van der Waals surface area contributed by atoms with E-state index in [2.05, 4.69) is 4.98 Å². The van der Waals surface area contributed by atoms with Crippen LogP contribution >= 0.6 is 11.6 Å². The van der Waals surface area contributed by atoms with Crippen molar-refractivity contribution in [1.82, 2.24) is 9.55 Å². The number of benzene rings is 1. The monoisotopic (exact) mass is 250 g/mol. The third kappa shape index (κ3) is 2.17. The molecular weight excluding hydrogens is 240 g/mol. The highest BCUT2D eigenvalue weighted by atomic mass is 35.5. The van der Waals surface area contributed by atoms with Gasteiger partial charge in [-0.3, -0.25) is 9.36 Å². The van der Waals surface area contributed by atoms with Gasteiger partial charge in [-0.25, -0.2) is 4.79 Å². The number of nitrogens with one attached hydrogen (secondary N) is 1. The average molecular weight is 251 g/mol. The summed E-state index contributed by atoms with van der Waals surface area (Å²) in [6.45, 7) is 2.09. The first-order valence-corrected chi connectivity index (χ1v) is 5.60. The highest BCUT2D eigenvalue weighted by molar-refractivity contribution is 6.33. The van der Waals surface area contributed by atoms with Crippen molar-refractivity contribution >= 4 is 11.6 Å². The summed E-state index contributed by atoms with van der Waals surface area (Å²) < 4.78 is 1.13. The fourth-order valence-corrected chi connectivity index (χ4v) is 1.88. The van der Waals surface area contributed by atoms with Gasteiger partial charge in [0.15, 0.2) is 0 Å². The molecule has 0 radical (unpaired) electrons. The van der Waals surface area contributed by atoms with Crippen LogP contribution in [-0.2, 0) is 6.54 Å². The minimum absolute atomic E-state index is 0.328. The first kappa shape index (κ1) is 11.7. The van der Waals surface area contributed by atoms with E-state index in [0.717, 1.165) is 4.57 Å². The van der Waals surface area contributed by atoms with Crippen molar-refractivity contribution in [2.45, 2.75) is 13.5 Å². The molecule has 17 heavy (non-hydrogen) atoms. The number of aromatic nitrogens is 2. The molecule has 1 N–H and O–H groups in total. The molecule has 0 aliphatic heterocycles. The SMILES string of the molecule is CCn1c(=O)cc(-c2ccccc2Cl)[nH]c1=O. The molecular formula is C12H11ClN2O2. The van der Waals surface area contributed by atoms with Crippen molar-refractivity contribution in [2.24, 2.45) is 0 Å². The van der Waals surface area contributed by atoms with Gasteiger partial charge in [0.25, 0.3) is 5.56 Å². The van der Waals surface area contributed by atoms with Gasteiger partial charge in [-0.1, -0.05) is 29.8 Å². The first-order valence-electron chi connectivity index (χ1n) is 5.22. The molecule has 0 saturated heterocycles. The Morgan fingerprint density at radius 1 is 1.29 bits per heavy atom. The van der Waals surface area contributed by atoms with Crippen LogP contribution in [0.15, 0.2) is 39.9 Å². The zero-order valence-electron chi connectivity index (χ0n) is 9.24. The number of hydrogen-bond donors (Lipinski definition) is 1. The summed E-state index contributed by atoms with van der Waals surface area (Å²) in [6.07, 6.45) is 0. The normalized spacial score (nSPS) is 10.5. The fourth-order valence-electron chi connectivity index (χ4n) is 1.64. The third-order valence-electron chi connectivity index (χ3n) is 2.50. The van der Waals surface area contributed by atoms with Gasteiger partial charge in [0.05, 0.1) is 5.69 Å². The fraction of sp³-hybridized carbons (Fsp3) is 0.167. The molecule has 2 aromatic rings. The molecule has 0 saturated carbocycles. The third-order valence-corrected chi connectivity index (χ3v) is 2.83. The van der Waals surface area contributed by atoms with Crippen LogP contribution in [0.4, 0.5) is 0 Å². The van der Waals surface area contributed by atoms with Crippen molar-refractivity contribution in [2.75, 3.05) is 0 Å². The van der Waals surface area contributed by atoms with E-state index < -0.39 is 5.69 Å². The van der Waals surface area contributed by atoms with Crippen LogP contribution in [0.5, 0.6) is 0 Å². The highest BCUT2D eigenvalue weighted by Gasteiger charge is 2.07. The summed E-state index contributed by atoms with van der Waals surface area (Å²) in [5.41, 5.74) is 0.336. The molecule has 0 atom stereocenters. The Balaban J connectivity index is 2.67. The van der Waals surface area contributed by atoms with Gasteiger partial charge in [-0.2, -0.15) is 0 Å². The van der Waals surface area contributed by atoms with Gasteiger partial charge >= 0.3 is 5.69 Å². The van der Waals surface area contributed by atoms with Gasteiger partial charge in [-0.05, 0) is 13.0 Å². The average Bonchev–Trinajstić information content (AvgIpc) is 2.29. The maximum absolute atomic E-state index is 11.7. The van der Waals surface area contributed by atoms with Crippen LogP contribution in [-0.4, -0.2) is 9.55 Å². The molecule has 0 aliphatic carbocycles. The molecule has 1 aromatic carbocycles. The Bertz CT molecular complexity index is 627. The number of H-pyrrole nitrogens is 1. The van der Waals surface area contributed by atoms with Crippen LogP contribution < -0.4 is 11.2 Å². The van der Waals surface area contributed by atoms with E-state index in [1.54, 1.807) is 31.2 Å². The van der Waals surface area contributed by atoms with E-state index in [1.165, 1.54) is 6.07 Å². The molecule has 5 heteroatoms. The Labute approximate surface area is 102 Å². The topological polar surface area (TPSA) is 54.9 Å². The number of aromatic amines is 1. The van der Waals surface area contributed by atoms with E-state index in [-0.39, 0.29) is 5.56 Å². The molecule has 4 nitrogen and oxygen atoms in total. The van der Waals surface area contributed by atoms with Crippen LogP contribution in [0.25, 0.3) is 11.3 Å². The lowest BCUT2D eigenvalue weighted by molar-refractivity contribution is 0.674. The Kier molecular flexibility index (Phi) is 3.15. The van der Waals surface area contributed by atoms with Crippen molar-refractivity contribution in [3.05, 3.63) is 56.2 Å². The summed E-state index contributed by atoms with van der Waals surface area (Å²) in [7, 11) is 0. The van der Waals surface area contributed by atoms with Crippen molar-refractivity contribution < 1.29 is 0 Å². The van der Waals surface area contributed by atoms with Crippen molar-refractivity contribution in [3.63, 3.8) is 0 Å². The highest BCUT2D eigenvalue weighted by Crippen LogP contribution is 2.23. The second-order valence-electron chi connectivity index (χ2n) is 3.55. The van der Waals surface area contributed by atoms with Crippen molar-refractivity contribution in [3.8, 4) is 11.3 Å². The summed E-state index contributed by atoms with van der Waals surface area (Å²) in [4.78, 5) is 26.0. The largest absolute Gasteiger partial charge is 0.328 e. The lowest BCUT2D eigenvalue weighted by Gasteiger charge is -2.05. The molecule has 0 amide bonds.